The van der Waals surface area contributed by atoms with E-state index in [-0.39, 0.29) is 5.91 Å². The number of rotatable bonds is 8. The van der Waals surface area contributed by atoms with E-state index in [0.29, 0.717) is 5.56 Å². The van der Waals surface area contributed by atoms with Gasteiger partial charge >= 0.3 is 0 Å². The van der Waals surface area contributed by atoms with Gasteiger partial charge in [-0.3, -0.25) is 4.79 Å². The third-order valence-electron chi connectivity index (χ3n) is 6.65. The van der Waals surface area contributed by atoms with Crippen LogP contribution in [0, 0.1) is 0 Å². The Bertz CT molecular complexity index is 1280. The highest BCUT2D eigenvalue weighted by molar-refractivity contribution is 9.10. The normalized spacial score (nSPS) is 13.1. The standard InChI is InChI=1S/C29H30BrN3O/c30-23-12-14-24(15-13-23)32-29(34)22-11-16-28-26(19-22)25-9-4-5-10-27(25)33(28)18-6-17-31-20-21-7-2-1-3-8-21/h1-3,7-8,11-16,19,31H,4-6,9-10,17-18,20H2,(H,32,34). The molecule has 0 spiro atoms. The van der Waals surface area contributed by atoms with Gasteiger partial charge in [-0.2, -0.15) is 0 Å². The number of carbonyl (C=O) groups excluding carboxylic acids is 1. The van der Waals surface area contributed by atoms with Crippen molar-refractivity contribution in [1.29, 1.82) is 0 Å². The summed E-state index contributed by atoms with van der Waals surface area (Å²) in [6.45, 7) is 2.89. The zero-order chi connectivity index (χ0) is 23.3. The molecule has 0 radical (unpaired) electrons. The van der Waals surface area contributed by atoms with Gasteiger partial charge in [0.15, 0.2) is 0 Å². The first-order valence-corrected chi connectivity index (χ1v) is 12.9. The molecular formula is C29H30BrN3O. The summed E-state index contributed by atoms with van der Waals surface area (Å²) in [6.07, 6.45) is 5.77. The molecule has 4 nitrogen and oxygen atoms in total. The lowest BCUT2D eigenvalue weighted by molar-refractivity contribution is 0.102. The number of benzene rings is 3. The van der Waals surface area contributed by atoms with E-state index in [0.717, 1.165) is 49.1 Å². The quantitative estimate of drug-likeness (QED) is 0.256. The number of hydrogen-bond donors (Lipinski definition) is 2. The average molecular weight is 516 g/mol. The van der Waals surface area contributed by atoms with E-state index in [1.807, 2.05) is 30.3 Å². The van der Waals surface area contributed by atoms with Crippen molar-refractivity contribution in [1.82, 2.24) is 9.88 Å². The molecule has 1 aromatic heterocycles. The van der Waals surface area contributed by atoms with Crippen molar-refractivity contribution in [3.05, 3.63) is 99.7 Å². The second kappa shape index (κ2) is 10.6. The van der Waals surface area contributed by atoms with Crippen LogP contribution in [-0.2, 0) is 25.9 Å². The van der Waals surface area contributed by atoms with E-state index in [1.165, 1.54) is 40.6 Å². The van der Waals surface area contributed by atoms with Crippen LogP contribution >= 0.6 is 15.9 Å². The first-order valence-electron chi connectivity index (χ1n) is 12.1. The van der Waals surface area contributed by atoms with Gasteiger partial charge in [-0.15, -0.1) is 0 Å². The van der Waals surface area contributed by atoms with Crippen molar-refractivity contribution in [2.45, 2.75) is 45.2 Å². The Kier molecular flexibility index (Phi) is 7.12. The summed E-state index contributed by atoms with van der Waals surface area (Å²) in [5.41, 5.74) is 7.00. The second-order valence-electron chi connectivity index (χ2n) is 8.99. The zero-order valence-electron chi connectivity index (χ0n) is 19.3. The Hall–Kier alpha value is -2.89. The molecule has 0 saturated carbocycles. The van der Waals surface area contributed by atoms with Crippen LogP contribution in [0.15, 0.2) is 77.3 Å². The zero-order valence-corrected chi connectivity index (χ0v) is 20.9. The van der Waals surface area contributed by atoms with Crippen LogP contribution in [0.25, 0.3) is 10.9 Å². The topological polar surface area (TPSA) is 46.1 Å². The van der Waals surface area contributed by atoms with Crippen molar-refractivity contribution in [3.8, 4) is 0 Å². The first-order chi connectivity index (χ1) is 16.7. The second-order valence-corrected chi connectivity index (χ2v) is 9.91. The lowest BCUT2D eigenvalue weighted by Crippen LogP contribution is -2.17. The van der Waals surface area contributed by atoms with Gasteiger partial charge < -0.3 is 15.2 Å². The summed E-state index contributed by atoms with van der Waals surface area (Å²) < 4.78 is 3.50. The fourth-order valence-corrected chi connectivity index (χ4v) is 5.22. The van der Waals surface area contributed by atoms with Crippen LogP contribution in [0.1, 0.15) is 46.4 Å². The predicted molar refractivity (Wildman–Crippen MR) is 143 cm³/mol. The molecule has 0 aliphatic heterocycles. The fraction of sp³-hybridized carbons (Fsp3) is 0.276. The van der Waals surface area contributed by atoms with Crippen LogP contribution in [0.4, 0.5) is 5.69 Å². The number of carbonyl (C=O) groups is 1. The minimum Gasteiger partial charge on any atom is -0.344 e. The summed E-state index contributed by atoms with van der Waals surface area (Å²) in [6, 6.07) is 24.4. The molecule has 5 rings (SSSR count). The minimum atomic E-state index is -0.0633. The summed E-state index contributed by atoms with van der Waals surface area (Å²) >= 11 is 3.44. The van der Waals surface area contributed by atoms with Gasteiger partial charge in [-0.25, -0.2) is 0 Å². The Balaban J connectivity index is 1.31. The molecule has 3 aromatic carbocycles. The number of amides is 1. The molecule has 1 aliphatic carbocycles. The number of aromatic nitrogens is 1. The highest BCUT2D eigenvalue weighted by Crippen LogP contribution is 2.33. The van der Waals surface area contributed by atoms with Crippen molar-refractivity contribution in [2.75, 3.05) is 11.9 Å². The Morgan fingerprint density at radius 3 is 2.56 bits per heavy atom. The smallest absolute Gasteiger partial charge is 0.255 e. The number of fused-ring (bicyclic) bond motifs is 3. The van der Waals surface area contributed by atoms with Crippen LogP contribution in [0.5, 0.6) is 0 Å². The Labute approximate surface area is 209 Å². The van der Waals surface area contributed by atoms with E-state index >= 15 is 0 Å². The molecule has 34 heavy (non-hydrogen) atoms. The highest BCUT2D eigenvalue weighted by atomic mass is 79.9. The lowest BCUT2D eigenvalue weighted by Gasteiger charge is -2.16. The number of hydrogen-bond acceptors (Lipinski definition) is 2. The van der Waals surface area contributed by atoms with Gasteiger partial charge in [-0.05, 0) is 92.2 Å². The summed E-state index contributed by atoms with van der Waals surface area (Å²) in [5.74, 6) is -0.0633. The number of nitrogens with one attached hydrogen (secondary N) is 2. The molecule has 0 unspecified atom stereocenters. The number of aryl methyl sites for hydroxylation is 2. The minimum absolute atomic E-state index is 0.0633. The predicted octanol–water partition coefficient (Wildman–Crippen LogP) is 6.71. The highest BCUT2D eigenvalue weighted by Gasteiger charge is 2.21. The van der Waals surface area contributed by atoms with Crippen molar-refractivity contribution in [2.24, 2.45) is 0 Å². The summed E-state index contributed by atoms with van der Waals surface area (Å²) in [4.78, 5) is 12.9. The number of nitrogens with zero attached hydrogens (tertiary/aromatic N) is 1. The molecule has 0 atom stereocenters. The van der Waals surface area contributed by atoms with Gasteiger partial charge in [0.05, 0.1) is 0 Å². The van der Waals surface area contributed by atoms with E-state index in [2.05, 4.69) is 73.6 Å². The maximum Gasteiger partial charge on any atom is 0.255 e. The third-order valence-corrected chi connectivity index (χ3v) is 7.18. The molecule has 1 aliphatic rings. The SMILES string of the molecule is O=C(Nc1ccc(Br)cc1)c1ccc2c(c1)c1c(n2CCCNCc2ccccc2)CCCC1. The molecule has 5 heteroatoms. The van der Waals surface area contributed by atoms with Crippen molar-refractivity contribution < 1.29 is 4.79 Å². The Morgan fingerprint density at radius 2 is 1.74 bits per heavy atom. The molecule has 0 fully saturated rings. The van der Waals surface area contributed by atoms with Crippen LogP contribution in [0.2, 0.25) is 0 Å². The maximum atomic E-state index is 12.9. The van der Waals surface area contributed by atoms with Crippen molar-refractivity contribution >= 4 is 38.4 Å². The van der Waals surface area contributed by atoms with E-state index in [1.54, 1.807) is 0 Å². The molecular weight excluding hydrogens is 486 g/mol. The van der Waals surface area contributed by atoms with E-state index in [9.17, 15) is 4.79 Å². The first kappa shape index (κ1) is 22.9. The van der Waals surface area contributed by atoms with E-state index in [4.69, 9.17) is 0 Å². The lowest BCUT2D eigenvalue weighted by atomic mass is 9.95. The van der Waals surface area contributed by atoms with Crippen LogP contribution < -0.4 is 10.6 Å². The number of halogens is 1. The monoisotopic (exact) mass is 515 g/mol. The molecule has 0 bridgehead atoms. The largest absolute Gasteiger partial charge is 0.344 e. The fourth-order valence-electron chi connectivity index (χ4n) is 4.96. The summed E-state index contributed by atoms with van der Waals surface area (Å²) in [7, 11) is 0. The Morgan fingerprint density at radius 1 is 0.941 bits per heavy atom. The van der Waals surface area contributed by atoms with Gasteiger partial charge in [0.1, 0.15) is 0 Å². The van der Waals surface area contributed by atoms with Crippen LogP contribution in [-0.4, -0.2) is 17.0 Å². The molecule has 1 heterocycles. The molecule has 2 N–H and O–H groups in total. The van der Waals surface area contributed by atoms with Crippen LogP contribution in [0.3, 0.4) is 0 Å². The molecule has 174 valence electrons. The molecule has 4 aromatic rings. The third kappa shape index (κ3) is 5.11. The van der Waals surface area contributed by atoms with Gasteiger partial charge in [0.2, 0.25) is 0 Å². The molecule has 1 amide bonds. The van der Waals surface area contributed by atoms with Crippen molar-refractivity contribution in [3.63, 3.8) is 0 Å². The van der Waals surface area contributed by atoms with Gasteiger partial charge in [0.25, 0.3) is 5.91 Å². The summed E-state index contributed by atoms with van der Waals surface area (Å²) in [5, 5.41) is 7.84. The van der Waals surface area contributed by atoms with Gasteiger partial charge in [0, 0.05) is 45.4 Å². The number of anilines is 1. The average Bonchev–Trinajstić information content (AvgIpc) is 3.19. The van der Waals surface area contributed by atoms with Gasteiger partial charge in [-0.1, -0.05) is 46.3 Å². The molecule has 0 saturated heterocycles. The maximum absolute atomic E-state index is 12.9. The van der Waals surface area contributed by atoms with E-state index < -0.39 is 0 Å².